The number of hydrogen-bond donors (Lipinski definition) is 3. The average Bonchev–Trinajstić information content (AvgIpc) is 3.36. The molecule has 1 saturated carbocycles. The molecule has 1 fully saturated rings. The highest BCUT2D eigenvalue weighted by Crippen LogP contribution is 2.34. The van der Waals surface area contributed by atoms with Crippen molar-refractivity contribution in [3.05, 3.63) is 41.6 Å². The zero-order chi connectivity index (χ0) is 23.3. The molecule has 2 aromatic rings. The van der Waals surface area contributed by atoms with Crippen LogP contribution in [0.15, 0.2) is 35.2 Å². The molecule has 10 heteroatoms. The maximum atomic E-state index is 12.5. The van der Waals surface area contributed by atoms with Gasteiger partial charge in [-0.3, -0.25) is 9.89 Å². The van der Waals surface area contributed by atoms with Gasteiger partial charge in [0, 0.05) is 30.0 Å². The predicted octanol–water partition coefficient (Wildman–Crippen LogP) is 3.16. The molecular formula is C22H30N4O5S. The Morgan fingerprint density at radius 3 is 2.75 bits per heavy atom. The number of carbonyl (C=O) groups is 2. The summed E-state index contributed by atoms with van der Waals surface area (Å²) in [5.74, 6) is 0.223. The molecule has 3 unspecified atom stereocenters. The average molecular weight is 463 g/mol. The third kappa shape index (κ3) is 6.32. The Kier molecular flexibility index (Phi) is 7.55. The zero-order valence-corrected chi connectivity index (χ0v) is 19.4. The van der Waals surface area contributed by atoms with E-state index in [0.717, 1.165) is 37.6 Å². The van der Waals surface area contributed by atoms with Gasteiger partial charge >= 0.3 is 6.09 Å². The third-order valence-corrected chi connectivity index (χ3v) is 6.86. The molecule has 1 aliphatic rings. The molecule has 174 valence electrons. The number of amides is 2. The number of hydrogen-bond acceptors (Lipinski definition) is 6. The Balaban J connectivity index is 1.54. The summed E-state index contributed by atoms with van der Waals surface area (Å²) in [7, 11) is -3.42. The summed E-state index contributed by atoms with van der Waals surface area (Å²) in [6.07, 6.45) is 3.79. The highest BCUT2D eigenvalue weighted by atomic mass is 32.2. The Labute approximate surface area is 188 Å². The van der Waals surface area contributed by atoms with Crippen LogP contribution in [0.2, 0.25) is 0 Å². The number of carbonyl (C=O) groups excluding carboxylic acids is 2. The molecule has 1 heterocycles. The van der Waals surface area contributed by atoms with Crippen LogP contribution in [0.3, 0.4) is 0 Å². The Morgan fingerprint density at radius 2 is 2.03 bits per heavy atom. The number of sulfone groups is 1. The van der Waals surface area contributed by atoms with E-state index < -0.39 is 15.9 Å². The summed E-state index contributed by atoms with van der Waals surface area (Å²) in [6.45, 7) is 3.82. The molecule has 1 aromatic carbocycles. The van der Waals surface area contributed by atoms with Crippen molar-refractivity contribution < 1.29 is 22.7 Å². The monoisotopic (exact) mass is 462 g/mol. The van der Waals surface area contributed by atoms with Crippen LogP contribution in [-0.2, 0) is 25.8 Å². The van der Waals surface area contributed by atoms with Crippen LogP contribution in [0.1, 0.15) is 56.7 Å². The van der Waals surface area contributed by atoms with Crippen LogP contribution in [0.5, 0.6) is 0 Å². The van der Waals surface area contributed by atoms with E-state index in [1.807, 2.05) is 13.8 Å². The van der Waals surface area contributed by atoms with E-state index in [-0.39, 0.29) is 35.3 Å². The van der Waals surface area contributed by atoms with E-state index in [4.69, 9.17) is 4.74 Å². The molecule has 3 N–H and O–H groups in total. The van der Waals surface area contributed by atoms with Crippen LogP contribution < -0.4 is 10.6 Å². The summed E-state index contributed by atoms with van der Waals surface area (Å²) < 4.78 is 29.1. The van der Waals surface area contributed by atoms with E-state index in [1.165, 1.54) is 6.07 Å². The Hall–Kier alpha value is -2.88. The van der Waals surface area contributed by atoms with Gasteiger partial charge in [0.1, 0.15) is 6.10 Å². The van der Waals surface area contributed by atoms with Gasteiger partial charge in [-0.1, -0.05) is 25.1 Å². The van der Waals surface area contributed by atoms with E-state index in [0.29, 0.717) is 11.4 Å². The molecule has 1 aliphatic carbocycles. The SMILES string of the molecule is CCC(C)OC(=O)NC1CCC(c2cc(NC(=O)Cc3ccccc3S(C)(=O)=O)n[nH]2)C1. The van der Waals surface area contributed by atoms with Crippen molar-refractivity contribution in [3.8, 4) is 0 Å². The summed E-state index contributed by atoms with van der Waals surface area (Å²) in [5, 5.41) is 12.8. The minimum absolute atomic E-state index is 0.0328. The van der Waals surface area contributed by atoms with Gasteiger partial charge in [-0.25, -0.2) is 13.2 Å². The van der Waals surface area contributed by atoms with Crippen molar-refractivity contribution in [2.45, 2.75) is 68.9 Å². The minimum Gasteiger partial charge on any atom is -0.447 e. The highest BCUT2D eigenvalue weighted by Gasteiger charge is 2.29. The van der Waals surface area contributed by atoms with Gasteiger partial charge in [0.15, 0.2) is 15.7 Å². The molecular weight excluding hydrogens is 432 g/mol. The van der Waals surface area contributed by atoms with E-state index >= 15 is 0 Å². The van der Waals surface area contributed by atoms with Crippen LogP contribution >= 0.6 is 0 Å². The zero-order valence-electron chi connectivity index (χ0n) is 18.6. The lowest BCUT2D eigenvalue weighted by Gasteiger charge is -2.16. The molecule has 0 aliphatic heterocycles. The molecule has 0 spiro atoms. The van der Waals surface area contributed by atoms with E-state index in [9.17, 15) is 18.0 Å². The first-order valence-corrected chi connectivity index (χ1v) is 12.6. The van der Waals surface area contributed by atoms with Crippen molar-refractivity contribution in [1.29, 1.82) is 0 Å². The van der Waals surface area contributed by atoms with Gasteiger partial charge in [-0.15, -0.1) is 0 Å². The molecule has 0 radical (unpaired) electrons. The van der Waals surface area contributed by atoms with E-state index in [1.54, 1.807) is 24.3 Å². The first-order valence-electron chi connectivity index (χ1n) is 10.8. The number of rotatable bonds is 8. The summed E-state index contributed by atoms with van der Waals surface area (Å²) in [6, 6.07) is 8.27. The van der Waals surface area contributed by atoms with Crippen molar-refractivity contribution in [2.75, 3.05) is 11.6 Å². The van der Waals surface area contributed by atoms with Crippen LogP contribution in [0.4, 0.5) is 10.6 Å². The molecule has 2 amide bonds. The van der Waals surface area contributed by atoms with Gasteiger partial charge in [0.25, 0.3) is 0 Å². The lowest BCUT2D eigenvalue weighted by Crippen LogP contribution is -2.35. The molecule has 3 atom stereocenters. The van der Waals surface area contributed by atoms with Crippen molar-refractivity contribution in [1.82, 2.24) is 15.5 Å². The molecule has 0 saturated heterocycles. The summed E-state index contributed by atoms with van der Waals surface area (Å²) in [4.78, 5) is 24.5. The molecule has 0 bridgehead atoms. The van der Waals surface area contributed by atoms with Crippen molar-refractivity contribution in [3.63, 3.8) is 0 Å². The number of anilines is 1. The predicted molar refractivity (Wildman–Crippen MR) is 120 cm³/mol. The number of H-pyrrole nitrogens is 1. The standard InChI is InChI=1S/C22H30N4O5S/c1-4-14(2)31-22(28)23-17-10-9-15(11-17)18-13-20(26-25-18)24-21(27)12-16-7-5-6-8-19(16)32(3,29)30/h5-8,13-15,17H,4,9-12H2,1-3H3,(H,23,28)(H2,24,25,26,27). The second kappa shape index (κ2) is 10.2. The van der Waals surface area contributed by atoms with Gasteiger partial charge in [-0.05, 0) is 44.2 Å². The number of aromatic amines is 1. The van der Waals surface area contributed by atoms with Crippen LogP contribution in [0, 0.1) is 0 Å². The lowest BCUT2D eigenvalue weighted by molar-refractivity contribution is -0.115. The number of benzene rings is 1. The minimum atomic E-state index is -3.42. The summed E-state index contributed by atoms with van der Waals surface area (Å²) >= 11 is 0. The normalized spacial score (nSPS) is 19.3. The van der Waals surface area contributed by atoms with Gasteiger partial charge in [0.2, 0.25) is 5.91 Å². The van der Waals surface area contributed by atoms with Crippen molar-refractivity contribution >= 4 is 27.7 Å². The third-order valence-electron chi connectivity index (χ3n) is 5.67. The molecule has 32 heavy (non-hydrogen) atoms. The topological polar surface area (TPSA) is 130 Å². The molecule has 3 rings (SSSR count). The largest absolute Gasteiger partial charge is 0.447 e. The quantitative estimate of drug-likeness (QED) is 0.552. The summed E-state index contributed by atoms with van der Waals surface area (Å²) in [5.41, 5.74) is 1.33. The van der Waals surface area contributed by atoms with E-state index in [2.05, 4.69) is 20.8 Å². The second-order valence-electron chi connectivity index (χ2n) is 8.29. The number of nitrogens with one attached hydrogen (secondary N) is 3. The maximum absolute atomic E-state index is 12.5. The fourth-order valence-corrected chi connectivity index (χ4v) is 4.79. The Morgan fingerprint density at radius 1 is 1.28 bits per heavy atom. The van der Waals surface area contributed by atoms with Gasteiger partial charge < -0.3 is 15.4 Å². The number of nitrogens with zero attached hydrogens (tertiary/aromatic N) is 1. The smallest absolute Gasteiger partial charge is 0.407 e. The fraction of sp³-hybridized carbons (Fsp3) is 0.500. The maximum Gasteiger partial charge on any atom is 0.407 e. The molecule has 1 aromatic heterocycles. The van der Waals surface area contributed by atoms with Crippen LogP contribution in [-0.4, -0.2) is 49.0 Å². The second-order valence-corrected chi connectivity index (χ2v) is 10.3. The number of aromatic nitrogens is 2. The van der Waals surface area contributed by atoms with Crippen LogP contribution in [0.25, 0.3) is 0 Å². The first kappa shape index (κ1) is 23.8. The van der Waals surface area contributed by atoms with Crippen molar-refractivity contribution in [2.24, 2.45) is 0 Å². The molecule has 9 nitrogen and oxygen atoms in total. The fourth-order valence-electron chi connectivity index (χ4n) is 3.84. The number of ether oxygens (including phenoxy) is 1. The Bertz CT molecular complexity index is 1070. The highest BCUT2D eigenvalue weighted by molar-refractivity contribution is 7.90. The van der Waals surface area contributed by atoms with Gasteiger partial charge in [0.05, 0.1) is 11.3 Å². The lowest BCUT2D eigenvalue weighted by atomic mass is 10.0. The first-order chi connectivity index (χ1) is 15.2. The number of alkyl carbamates (subject to hydrolysis) is 1. The van der Waals surface area contributed by atoms with Gasteiger partial charge in [-0.2, -0.15) is 5.10 Å².